The van der Waals surface area contributed by atoms with Gasteiger partial charge >= 0.3 is 0 Å². The van der Waals surface area contributed by atoms with Crippen molar-refractivity contribution in [2.24, 2.45) is 5.73 Å². The monoisotopic (exact) mass is 379 g/mol. The highest BCUT2D eigenvalue weighted by molar-refractivity contribution is 7.14. The smallest absolute Gasteiger partial charge is 0.260 e. The molecule has 25 heavy (non-hydrogen) atoms. The lowest BCUT2D eigenvalue weighted by atomic mass is 10.1. The van der Waals surface area contributed by atoms with E-state index < -0.39 is 5.91 Å². The van der Waals surface area contributed by atoms with Crippen molar-refractivity contribution in [1.29, 1.82) is 0 Å². The van der Waals surface area contributed by atoms with Gasteiger partial charge in [-0.2, -0.15) is 0 Å². The normalized spacial score (nSPS) is 17.4. The molecule has 1 fully saturated rings. The third-order valence-electron chi connectivity index (χ3n) is 4.07. The molecule has 1 saturated heterocycles. The molecule has 0 spiro atoms. The zero-order chi connectivity index (χ0) is 18.0. The first-order valence-corrected chi connectivity index (χ1v) is 9.13. The maximum atomic E-state index is 12.7. The summed E-state index contributed by atoms with van der Waals surface area (Å²) in [6.45, 7) is 1.17. The van der Waals surface area contributed by atoms with Crippen LogP contribution in [0.2, 0.25) is 5.02 Å². The summed E-state index contributed by atoms with van der Waals surface area (Å²) >= 11 is 7.04. The van der Waals surface area contributed by atoms with Gasteiger partial charge in [-0.15, -0.1) is 11.3 Å². The van der Waals surface area contributed by atoms with Crippen molar-refractivity contribution >= 4 is 39.8 Å². The fraction of sp³-hybridized carbons (Fsp3) is 0.294. The molecule has 2 heterocycles. The van der Waals surface area contributed by atoms with Crippen LogP contribution in [0.3, 0.4) is 0 Å². The van der Waals surface area contributed by atoms with E-state index in [-0.39, 0.29) is 23.3 Å². The number of carbonyl (C=O) groups is 2. The largest absolute Gasteiger partial charge is 0.507 e. The first-order valence-electron chi connectivity index (χ1n) is 7.88. The van der Waals surface area contributed by atoms with Gasteiger partial charge in [0.1, 0.15) is 10.8 Å². The molecular formula is C17H18ClN3O3S. The van der Waals surface area contributed by atoms with Crippen molar-refractivity contribution in [2.45, 2.75) is 18.9 Å². The van der Waals surface area contributed by atoms with Gasteiger partial charge in [-0.3, -0.25) is 9.59 Å². The average Bonchev–Trinajstić information content (AvgIpc) is 3.02. The van der Waals surface area contributed by atoms with Crippen molar-refractivity contribution in [3.05, 3.63) is 45.8 Å². The molecule has 1 aliphatic rings. The molecule has 4 N–H and O–H groups in total. The molecule has 1 aromatic carbocycles. The van der Waals surface area contributed by atoms with Crippen LogP contribution >= 0.6 is 22.9 Å². The van der Waals surface area contributed by atoms with Crippen LogP contribution in [0.25, 0.3) is 0 Å². The van der Waals surface area contributed by atoms with Gasteiger partial charge in [0.25, 0.3) is 11.8 Å². The number of aromatic hydroxyl groups is 1. The number of carbonyl (C=O) groups excluding carboxylic acids is 2. The first-order chi connectivity index (χ1) is 12.0. The van der Waals surface area contributed by atoms with Gasteiger partial charge in [-0.25, -0.2) is 0 Å². The van der Waals surface area contributed by atoms with E-state index >= 15 is 0 Å². The second kappa shape index (κ2) is 7.43. The van der Waals surface area contributed by atoms with Crippen molar-refractivity contribution in [1.82, 2.24) is 4.90 Å². The van der Waals surface area contributed by atoms with E-state index in [0.717, 1.165) is 12.8 Å². The highest BCUT2D eigenvalue weighted by atomic mass is 35.5. The number of thiophene rings is 1. The summed E-state index contributed by atoms with van der Waals surface area (Å²) in [5.74, 6) is -0.857. The van der Waals surface area contributed by atoms with Crippen molar-refractivity contribution in [3.63, 3.8) is 0 Å². The topological polar surface area (TPSA) is 95.7 Å². The number of piperidine rings is 1. The summed E-state index contributed by atoms with van der Waals surface area (Å²) in [5, 5.41) is 15.1. The Labute approximate surface area is 154 Å². The number of likely N-dealkylation sites (tertiary alicyclic amines) is 1. The molecule has 2 amide bonds. The van der Waals surface area contributed by atoms with Crippen molar-refractivity contribution in [3.8, 4) is 5.75 Å². The number of nitrogens with two attached hydrogens (primary N) is 1. The van der Waals surface area contributed by atoms with Gasteiger partial charge < -0.3 is 21.1 Å². The molecular weight excluding hydrogens is 362 g/mol. The number of benzene rings is 1. The van der Waals surface area contributed by atoms with E-state index in [2.05, 4.69) is 5.32 Å². The third-order valence-corrected chi connectivity index (χ3v) is 5.14. The Morgan fingerprint density at radius 3 is 2.84 bits per heavy atom. The van der Waals surface area contributed by atoms with Gasteiger partial charge in [0.2, 0.25) is 0 Å². The number of nitrogens with one attached hydrogen (secondary N) is 1. The van der Waals surface area contributed by atoms with E-state index in [9.17, 15) is 14.7 Å². The van der Waals surface area contributed by atoms with E-state index in [0.29, 0.717) is 28.7 Å². The van der Waals surface area contributed by atoms with Crippen LogP contribution in [0.15, 0.2) is 29.6 Å². The number of nitrogens with zero attached hydrogens (tertiary/aromatic N) is 1. The molecule has 1 aromatic heterocycles. The van der Waals surface area contributed by atoms with Crippen LogP contribution in [-0.4, -0.2) is 41.0 Å². The maximum Gasteiger partial charge on any atom is 0.260 e. The Kier molecular flexibility index (Phi) is 5.27. The second-order valence-electron chi connectivity index (χ2n) is 5.93. The van der Waals surface area contributed by atoms with Crippen molar-refractivity contribution < 1.29 is 14.7 Å². The second-order valence-corrected chi connectivity index (χ2v) is 7.29. The predicted molar refractivity (Wildman–Crippen MR) is 98.5 cm³/mol. The van der Waals surface area contributed by atoms with E-state index in [1.165, 1.54) is 29.5 Å². The number of rotatable bonds is 3. The minimum atomic E-state index is -0.499. The lowest BCUT2D eigenvalue weighted by molar-refractivity contribution is 0.0710. The Balaban J connectivity index is 1.77. The molecule has 0 aliphatic carbocycles. The number of amides is 2. The third kappa shape index (κ3) is 3.95. The number of hydrogen-bond acceptors (Lipinski definition) is 5. The molecule has 8 heteroatoms. The highest BCUT2D eigenvalue weighted by Gasteiger charge is 2.25. The van der Waals surface area contributed by atoms with E-state index in [4.69, 9.17) is 17.3 Å². The minimum Gasteiger partial charge on any atom is -0.507 e. The van der Waals surface area contributed by atoms with Crippen LogP contribution in [-0.2, 0) is 0 Å². The van der Waals surface area contributed by atoms with Gasteiger partial charge in [0.05, 0.1) is 11.1 Å². The Morgan fingerprint density at radius 2 is 2.12 bits per heavy atom. The zero-order valence-corrected chi connectivity index (χ0v) is 14.9. The fourth-order valence-electron chi connectivity index (χ4n) is 2.81. The molecule has 0 bridgehead atoms. The van der Waals surface area contributed by atoms with Crippen LogP contribution in [0.1, 0.15) is 33.6 Å². The van der Waals surface area contributed by atoms with Crippen LogP contribution in [0.4, 0.5) is 5.00 Å². The Hall–Kier alpha value is -2.09. The standard InChI is InChI=1S/C17H18ClN3O3S/c18-10-3-4-12(14(22)8-10)15(23)20-16-13(5-7-25-16)17(24)21-6-1-2-11(19)9-21/h3-5,7-8,11,22H,1-2,6,9,19H2,(H,20,23). The maximum absolute atomic E-state index is 12.7. The fourth-order valence-corrected chi connectivity index (χ4v) is 3.75. The van der Waals surface area contributed by atoms with Gasteiger partial charge in [0, 0.05) is 24.2 Å². The van der Waals surface area contributed by atoms with Gasteiger partial charge in [0.15, 0.2) is 0 Å². The van der Waals surface area contributed by atoms with E-state index in [1.807, 2.05) is 0 Å². The summed E-state index contributed by atoms with van der Waals surface area (Å²) in [4.78, 5) is 26.8. The lowest BCUT2D eigenvalue weighted by Gasteiger charge is -2.30. The molecule has 132 valence electrons. The Morgan fingerprint density at radius 1 is 1.32 bits per heavy atom. The molecule has 1 atom stereocenters. The predicted octanol–water partition coefficient (Wildman–Crippen LogP) is 2.92. The highest BCUT2D eigenvalue weighted by Crippen LogP contribution is 2.28. The van der Waals surface area contributed by atoms with Crippen LogP contribution in [0.5, 0.6) is 5.75 Å². The summed E-state index contributed by atoms with van der Waals surface area (Å²) < 4.78 is 0. The molecule has 3 rings (SSSR count). The number of phenols is 1. The summed E-state index contributed by atoms with van der Waals surface area (Å²) in [6, 6.07) is 5.93. The SMILES string of the molecule is NC1CCCN(C(=O)c2ccsc2NC(=O)c2ccc(Cl)cc2O)C1. The summed E-state index contributed by atoms with van der Waals surface area (Å²) in [6.07, 6.45) is 1.78. The molecule has 1 unspecified atom stereocenters. The Bertz CT molecular complexity index is 808. The van der Waals surface area contributed by atoms with Crippen molar-refractivity contribution in [2.75, 3.05) is 18.4 Å². The lowest BCUT2D eigenvalue weighted by Crippen LogP contribution is -2.45. The van der Waals surface area contributed by atoms with Crippen LogP contribution < -0.4 is 11.1 Å². The number of halogens is 1. The first kappa shape index (κ1) is 17.7. The number of hydrogen-bond donors (Lipinski definition) is 3. The summed E-state index contributed by atoms with van der Waals surface area (Å²) in [7, 11) is 0. The number of phenolic OH excluding ortho intramolecular Hbond substituents is 1. The van der Waals surface area contributed by atoms with Gasteiger partial charge in [-0.05, 0) is 42.5 Å². The number of anilines is 1. The molecule has 2 aromatic rings. The molecule has 6 nitrogen and oxygen atoms in total. The summed E-state index contributed by atoms with van der Waals surface area (Å²) in [5.41, 5.74) is 6.47. The molecule has 0 radical (unpaired) electrons. The quantitative estimate of drug-likeness (QED) is 0.764. The minimum absolute atomic E-state index is 0.0135. The average molecular weight is 380 g/mol. The van der Waals surface area contributed by atoms with Crippen LogP contribution in [0, 0.1) is 0 Å². The zero-order valence-electron chi connectivity index (χ0n) is 13.4. The molecule has 1 aliphatic heterocycles. The molecule has 0 saturated carbocycles. The van der Waals surface area contributed by atoms with E-state index in [1.54, 1.807) is 16.3 Å². The van der Waals surface area contributed by atoms with Gasteiger partial charge in [-0.1, -0.05) is 11.6 Å².